The van der Waals surface area contributed by atoms with E-state index in [-0.39, 0.29) is 35.8 Å². The van der Waals surface area contributed by atoms with Crippen LogP contribution in [0, 0.1) is 0 Å². The summed E-state index contributed by atoms with van der Waals surface area (Å²) >= 11 is 0. The maximum Gasteiger partial charge on any atom is 0.203 e. The van der Waals surface area contributed by atoms with Crippen molar-refractivity contribution in [2.24, 2.45) is 4.99 Å². The molecule has 1 rings (SSSR count). The highest BCUT2D eigenvalue weighted by molar-refractivity contribution is 14.0. The molecule has 0 aliphatic rings. The largest absolute Gasteiger partial charge is 0.493 e. The number of guanidine groups is 1. The predicted molar refractivity (Wildman–Crippen MR) is 124 cm³/mol. The number of sulfone groups is 1. The highest BCUT2D eigenvalue weighted by atomic mass is 127. The second kappa shape index (κ2) is 12.9. The van der Waals surface area contributed by atoms with Crippen molar-refractivity contribution in [2.75, 3.05) is 46.9 Å². The quantitative estimate of drug-likeness (QED) is 0.271. The fraction of sp³-hybridized carbons (Fsp3) is 0.611. The minimum atomic E-state index is -2.97. The summed E-state index contributed by atoms with van der Waals surface area (Å²) in [7, 11) is 3.46. The van der Waals surface area contributed by atoms with Gasteiger partial charge in [-0.05, 0) is 25.8 Å². The molecule has 0 aromatic heterocycles. The molecule has 1 aromatic carbocycles. The molecular weight excluding hydrogens is 497 g/mol. The Labute approximate surface area is 185 Å². The van der Waals surface area contributed by atoms with E-state index in [1.54, 1.807) is 28.4 Å². The Morgan fingerprint density at radius 1 is 1.14 bits per heavy atom. The average molecular weight is 529 g/mol. The second-order valence-corrected chi connectivity index (χ2v) is 8.47. The van der Waals surface area contributed by atoms with Gasteiger partial charge in [0.15, 0.2) is 17.5 Å². The Morgan fingerprint density at radius 3 is 2.29 bits per heavy atom. The first kappa shape index (κ1) is 26.6. The lowest BCUT2D eigenvalue weighted by Gasteiger charge is -2.19. The van der Waals surface area contributed by atoms with E-state index in [2.05, 4.69) is 15.6 Å². The normalized spacial score (nSPS) is 12.6. The molecule has 2 N–H and O–H groups in total. The number of rotatable bonds is 10. The average Bonchev–Trinajstić information content (AvgIpc) is 2.64. The summed E-state index contributed by atoms with van der Waals surface area (Å²) in [5, 5.41) is 6.42. The van der Waals surface area contributed by atoms with Gasteiger partial charge in [-0.15, -0.1) is 24.0 Å². The molecule has 0 bridgehead atoms. The smallest absolute Gasteiger partial charge is 0.203 e. The first-order chi connectivity index (χ1) is 12.8. The predicted octanol–water partition coefficient (Wildman–Crippen LogP) is 1.86. The molecule has 8 nitrogen and oxygen atoms in total. The zero-order valence-electron chi connectivity index (χ0n) is 17.4. The number of aliphatic imine (C=N–C) groups is 1. The van der Waals surface area contributed by atoms with Crippen LogP contribution in [0.3, 0.4) is 0 Å². The van der Waals surface area contributed by atoms with Crippen molar-refractivity contribution < 1.29 is 22.6 Å². The minimum absolute atomic E-state index is 0. The topological polar surface area (TPSA) is 98.2 Å². The zero-order chi connectivity index (χ0) is 20.4. The fourth-order valence-corrected chi connectivity index (χ4v) is 3.35. The first-order valence-electron chi connectivity index (χ1n) is 8.68. The molecule has 0 fully saturated rings. The van der Waals surface area contributed by atoms with Gasteiger partial charge in [0.05, 0.1) is 27.1 Å². The number of benzene rings is 1. The number of hydrogen-bond acceptors (Lipinski definition) is 6. The molecule has 0 aliphatic carbocycles. The number of nitrogens with one attached hydrogen (secondary N) is 2. The molecule has 1 aromatic rings. The molecule has 0 amide bonds. The second-order valence-electron chi connectivity index (χ2n) is 6.21. The van der Waals surface area contributed by atoms with Crippen LogP contribution in [0.25, 0.3) is 0 Å². The van der Waals surface area contributed by atoms with Gasteiger partial charge in [0.25, 0.3) is 0 Å². The van der Waals surface area contributed by atoms with Crippen molar-refractivity contribution in [1.82, 2.24) is 10.6 Å². The molecular formula is C18H32IN3O5S. The fourth-order valence-electron chi connectivity index (χ4n) is 2.57. The highest BCUT2D eigenvalue weighted by Gasteiger charge is 2.16. The number of hydrogen-bond donors (Lipinski definition) is 2. The van der Waals surface area contributed by atoms with E-state index >= 15 is 0 Å². The Morgan fingerprint density at radius 2 is 1.79 bits per heavy atom. The summed E-state index contributed by atoms with van der Waals surface area (Å²) in [5.41, 5.74) is 0.975. The molecule has 0 radical (unpaired) electrons. The zero-order valence-corrected chi connectivity index (χ0v) is 20.5. The van der Waals surface area contributed by atoms with Gasteiger partial charge in [-0.2, -0.15) is 0 Å². The van der Waals surface area contributed by atoms with Crippen LogP contribution in [-0.4, -0.2) is 67.3 Å². The van der Waals surface area contributed by atoms with E-state index in [1.807, 2.05) is 19.1 Å². The SMILES string of the molecule is CN=C(NCCc1ccc(OC)c(OC)c1OC)NC(C)CCS(C)(=O)=O.I. The van der Waals surface area contributed by atoms with Gasteiger partial charge in [-0.25, -0.2) is 8.42 Å². The highest BCUT2D eigenvalue weighted by Crippen LogP contribution is 2.39. The van der Waals surface area contributed by atoms with Crippen LogP contribution in [-0.2, 0) is 16.3 Å². The van der Waals surface area contributed by atoms with Crippen LogP contribution >= 0.6 is 24.0 Å². The molecule has 162 valence electrons. The Hall–Kier alpha value is -1.43. The molecule has 0 spiro atoms. The van der Waals surface area contributed by atoms with E-state index in [0.717, 1.165) is 5.56 Å². The van der Waals surface area contributed by atoms with E-state index in [4.69, 9.17) is 14.2 Å². The molecule has 0 saturated carbocycles. The van der Waals surface area contributed by atoms with Gasteiger partial charge < -0.3 is 24.8 Å². The Kier molecular flexibility index (Phi) is 12.3. The van der Waals surface area contributed by atoms with Crippen molar-refractivity contribution in [2.45, 2.75) is 25.8 Å². The number of methoxy groups -OCH3 is 3. The van der Waals surface area contributed by atoms with Crippen LogP contribution in [0.5, 0.6) is 17.2 Å². The van der Waals surface area contributed by atoms with Crippen molar-refractivity contribution >= 4 is 39.8 Å². The van der Waals surface area contributed by atoms with Gasteiger partial charge >= 0.3 is 0 Å². The standard InChI is InChI=1S/C18H31N3O5S.HI/c1-13(10-12-27(6,22)23)21-18(19-2)20-11-9-14-7-8-15(24-3)17(26-5)16(14)25-4;/h7-8,13H,9-12H2,1-6H3,(H2,19,20,21);1H. The van der Waals surface area contributed by atoms with Gasteiger partial charge in [0.1, 0.15) is 9.84 Å². The number of ether oxygens (including phenoxy) is 3. The third-order valence-corrected chi connectivity index (χ3v) is 4.98. The van der Waals surface area contributed by atoms with Crippen LogP contribution in [0.2, 0.25) is 0 Å². The summed E-state index contributed by atoms with van der Waals surface area (Å²) in [6, 6.07) is 3.77. The number of nitrogens with zero attached hydrogens (tertiary/aromatic N) is 1. The van der Waals surface area contributed by atoms with E-state index < -0.39 is 9.84 Å². The first-order valence-corrected chi connectivity index (χ1v) is 10.7. The maximum absolute atomic E-state index is 11.3. The lowest BCUT2D eigenvalue weighted by atomic mass is 10.1. The molecule has 10 heteroatoms. The lowest BCUT2D eigenvalue weighted by molar-refractivity contribution is 0.322. The van der Waals surface area contributed by atoms with Crippen molar-refractivity contribution in [3.05, 3.63) is 17.7 Å². The molecule has 1 atom stereocenters. The summed E-state index contributed by atoms with van der Waals surface area (Å²) in [6.07, 6.45) is 2.44. The van der Waals surface area contributed by atoms with Gasteiger partial charge in [-0.1, -0.05) is 6.07 Å². The summed E-state index contributed by atoms with van der Waals surface area (Å²) in [5.74, 6) is 2.58. The summed E-state index contributed by atoms with van der Waals surface area (Å²) in [4.78, 5) is 4.18. The third-order valence-electron chi connectivity index (χ3n) is 4.00. The Bertz CT molecular complexity index is 741. The summed E-state index contributed by atoms with van der Waals surface area (Å²) < 4.78 is 38.7. The Balaban J connectivity index is 0.00000729. The maximum atomic E-state index is 11.3. The van der Waals surface area contributed by atoms with Crippen molar-refractivity contribution in [3.8, 4) is 17.2 Å². The monoisotopic (exact) mass is 529 g/mol. The van der Waals surface area contributed by atoms with E-state index in [9.17, 15) is 8.42 Å². The van der Waals surface area contributed by atoms with Gasteiger partial charge in [0, 0.05) is 31.5 Å². The molecule has 0 saturated heterocycles. The van der Waals surface area contributed by atoms with Crippen molar-refractivity contribution in [1.29, 1.82) is 0 Å². The third kappa shape index (κ3) is 8.72. The van der Waals surface area contributed by atoms with Gasteiger partial charge in [-0.3, -0.25) is 4.99 Å². The molecule has 1 unspecified atom stereocenters. The molecule has 28 heavy (non-hydrogen) atoms. The lowest BCUT2D eigenvalue weighted by Crippen LogP contribution is -2.43. The van der Waals surface area contributed by atoms with E-state index in [0.29, 0.717) is 42.6 Å². The van der Waals surface area contributed by atoms with Crippen LogP contribution in [0.15, 0.2) is 17.1 Å². The molecule has 0 heterocycles. The van der Waals surface area contributed by atoms with E-state index in [1.165, 1.54) is 6.26 Å². The van der Waals surface area contributed by atoms with Crippen LogP contribution in [0.1, 0.15) is 18.9 Å². The van der Waals surface area contributed by atoms with Crippen LogP contribution < -0.4 is 24.8 Å². The molecule has 0 aliphatic heterocycles. The summed E-state index contributed by atoms with van der Waals surface area (Å²) in [6.45, 7) is 2.54. The van der Waals surface area contributed by atoms with Gasteiger partial charge in [0.2, 0.25) is 5.75 Å². The van der Waals surface area contributed by atoms with Crippen LogP contribution in [0.4, 0.5) is 0 Å². The number of halogens is 1. The van der Waals surface area contributed by atoms with Crippen molar-refractivity contribution in [3.63, 3.8) is 0 Å². The minimum Gasteiger partial charge on any atom is -0.493 e.